The summed E-state index contributed by atoms with van der Waals surface area (Å²) in [6.07, 6.45) is 4.40. The number of thiocarbonyl (C=S) groups is 1. The molecule has 1 aliphatic carbocycles. The third kappa shape index (κ3) is 3.92. The van der Waals surface area contributed by atoms with E-state index in [2.05, 4.69) is 40.1 Å². The van der Waals surface area contributed by atoms with Crippen LogP contribution in [0.4, 0.5) is 5.69 Å². The molecular weight excluding hydrogens is 318 g/mol. The van der Waals surface area contributed by atoms with Gasteiger partial charge in [0.2, 0.25) is 0 Å². The van der Waals surface area contributed by atoms with Crippen molar-refractivity contribution < 1.29 is 4.74 Å². The van der Waals surface area contributed by atoms with Gasteiger partial charge in [-0.2, -0.15) is 5.10 Å². The summed E-state index contributed by atoms with van der Waals surface area (Å²) in [4.78, 5) is 0. The van der Waals surface area contributed by atoms with Crippen LogP contribution in [0.25, 0.3) is 0 Å². The van der Waals surface area contributed by atoms with Crippen LogP contribution in [0, 0.1) is 0 Å². The molecule has 5 heteroatoms. The molecule has 2 N–H and O–H groups in total. The number of fused-ring (bicyclic) bond motifs is 1. The molecule has 24 heavy (non-hydrogen) atoms. The van der Waals surface area contributed by atoms with E-state index in [1.54, 1.807) is 7.11 Å². The van der Waals surface area contributed by atoms with Gasteiger partial charge < -0.3 is 10.1 Å². The second-order valence-electron chi connectivity index (χ2n) is 5.69. The van der Waals surface area contributed by atoms with E-state index in [1.165, 1.54) is 17.5 Å². The molecule has 3 rings (SSSR count). The molecule has 0 unspecified atom stereocenters. The van der Waals surface area contributed by atoms with Crippen LogP contribution in [0.1, 0.15) is 30.4 Å². The smallest absolute Gasteiger partial charge is 0.191 e. The molecule has 2 aromatic rings. The van der Waals surface area contributed by atoms with Crippen LogP contribution in [0.3, 0.4) is 0 Å². The van der Waals surface area contributed by atoms with Crippen LogP contribution in [-0.2, 0) is 6.42 Å². The van der Waals surface area contributed by atoms with Gasteiger partial charge in [-0.05, 0) is 55.6 Å². The van der Waals surface area contributed by atoms with Crippen LogP contribution in [0.5, 0.6) is 5.75 Å². The van der Waals surface area contributed by atoms with E-state index in [1.807, 2.05) is 24.3 Å². The lowest BCUT2D eigenvalue weighted by molar-refractivity contribution is 0.417. The second-order valence-corrected chi connectivity index (χ2v) is 6.10. The largest absolute Gasteiger partial charge is 0.495 e. The maximum atomic E-state index is 5.36. The zero-order valence-electron chi connectivity index (χ0n) is 13.7. The Morgan fingerprint density at radius 3 is 2.67 bits per heavy atom. The lowest BCUT2D eigenvalue weighted by atomic mass is 10.0. The van der Waals surface area contributed by atoms with Crippen molar-refractivity contribution >= 4 is 28.7 Å². The normalized spacial score (nSPS) is 15.3. The Kier molecular flexibility index (Phi) is 5.43. The summed E-state index contributed by atoms with van der Waals surface area (Å²) in [5.74, 6) is 0.745. The number of nitrogens with zero attached hydrogens (tertiary/aromatic N) is 1. The van der Waals surface area contributed by atoms with Gasteiger partial charge in [0.1, 0.15) is 5.75 Å². The van der Waals surface area contributed by atoms with E-state index in [0.29, 0.717) is 5.11 Å². The van der Waals surface area contributed by atoms with E-state index < -0.39 is 0 Å². The number of benzene rings is 2. The molecule has 0 saturated carbocycles. The third-order valence-electron chi connectivity index (χ3n) is 4.09. The first kappa shape index (κ1) is 16.5. The number of methoxy groups -OCH3 is 1. The lowest BCUT2D eigenvalue weighted by Crippen LogP contribution is -2.25. The van der Waals surface area contributed by atoms with Crippen molar-refractivity contribution in [3.05, 3.63) is 59.7 Å². The number of para-hydroxylation sites is 2. The van der Waals surface area contributed by atoms with Crippen LogP contribution in [0.15, 0.2) is 53.6 Å². The van der Waals surface area contributed by atoms with Crippen molar-refractivity contribution in [2.24, 2.45) is 5.10 Å². The third-order valence-corrected chi connectivity index (χ3v) is 4.28. The molecule has 2 aromatic carbocycles. The van der Waals surface area contributed by atoms with Crippen molar-refractivity contribution in [3.63, 3.8) is 0 Å². The van der Waals surface area contributed by atoms with Crippen molar-refractivity contribution in [2.45, 2.75) is 25.7 Å². The first-order valence-corrected chi connectivity index (χ1v) is 8.53. The first-order valence-electron chi connectivity index (χ1n) is 8.13. The molecule has 0 bridgehead atoms. The van der Waals surface area contributed by atoms with E-state index in [9.17, 15) is 0 Å². The average Bonchev–Trinajstić information content (AvgIpc) is 2.83. The second kappa shape index (κ2) is 7.93. The van der Waals surface area contributed by atoms with E-state index in [-0.39, 0.29) is 0 Å². The molecule has 0 amide bonds. The molecule has 1 aliphatic rings. The maximum Gasteiger partial charge on any atom is 0.191 e. The van der Waals surface area contributed by atoms with Gasteiger partial charge in [-0.1, -0.05) is 36.4 Å². The molecule has 0 aliphatic heterocycles. The average molecular weight is 339 g/mol. The van der Waals surface area contributed by atoms with Gasteiger partial charge in [0.25, 0.3) is 0 Å². The van der Waals surface area contributed by atoms with Crippen molar-refractivity contribution in [1.82, 2.24) is 5.43 Å². The minimum Gasteiger partial charge on any atom is -0.495 e. The molecule has 0 radical (unpaired) electrons. The number of aryl methyl sites for hydroxylation is 1. The van der Waals surface area contributed by atoms with Crippen LogP contribution in [0.2, 0.25) is 0 Å². The highest BCUT2D eigenvalue weighted by atomic mass is 32.1. The monoisotopic (exact) mass is 339 g/mol. The van der Waals surface area contributed by atoms with E-state index in [4.69, 9.17) is 17.0 Å². The summed E-state index contributed by atoms with van der Waals surface area (Å²) < 4.78 is 5.32. The zero-order valence-corrected chi connectivity index (χ0v) is 14.5. The SMILES string of the molecule is COc1ccccc1NC(=S)N/N=C1\CCCCc2ccccc21. The highest BCUT2D eigenvalue weighted by Gasteiger charge is 2.13. The topological polar surface area (TPSA) is 45.6 Å². The van der Waals surface area contributed by atoms with Gasteiger partial charge >= 0.3 is 0 Å². The molecule has 0 aromatic heterocycles. The predicted molar refractivity (Wildman–Crippen MR) is 103 cm³/mol. The Morgan fingerprint density at radius 1 is 1.04 bits per heavy atom. The Morgan fingerprint density at radius 2 is 1.79 bits per heavy atom. The number of ether oxygens (including phenoxy) is 1. The fourth-order valence-corrected chi connectivity index (χ4v) is 3.05. The highest BCUT2D eigenvalue weighted by Crippen LogP contribution is 2.23. The van der Waals surface area contributed by atoms with E-state index >= 15 is 0 Å². The Bertz CT molecular complexity index is 758. The van der Waals surface area contributed by atoms with Crippen LogP contribution in [-0.4, -0.2) is 17.9 Å². The Balaban J connectivity index is 1.72. The van der Waals surface area contributed by atoms with Crippen molar-refractivity contribution in [3.8, 4) is 5.75 Å². The summed E-state index contributed by atoms with van der Waals surface area (Å²) in [6, 6.07) is 16.1. The number of hydrazone groups is 1. The molecule has 0 atom stereocenters. The number of anilines is 1. The molecule has 0 heterocycles. The predicted octanol–water partition coefficient (Wildman–Crippen LogP) is 4.11. The Labute approximate surface area is 147 Å². The van der Waals surface area contributed by atoms with Gasteiger partial charge in [0.15, 0.2) is 5.11 Å². The fourth-order valence-electron chi connectivity index (χ4n) is 2.89. The first-order chi connectivity index (χ1) is 11.8. The number of hydrogen-bond acceptors (Lipinski definition) is 3. The quantitative estimate of drug-likeness (QED) is 0.502. The van der Waals surface area contributed by atoms with Gasteiger partial charge in [-0.25, -0.2) is 0 Å². The summed E-state index contributed by atoms with van der Waals surface area (Å²) >= 11 is 5.36. The summed E-state index contributed by atoms with van der Waals surface area (Å²) in [5.41, 5.74) is 7.44. The van der Waals surface area contributed by atoms with Crippen LogP contribution >= 0.6 is 12.2 Å². The maximum absolute atomic E-state index is 5.36. The number of hydrogen-bond donors (Lipinski definition) is 2. The molecule has 4 nitrogen and oxygen atoms in total. The minimum atomic E-state index is 0.453. The van der Waals surface area contributed by atoms with Crippen LogP contribution < -0.4 is 15.5 Å². The number of nitrogens with one attached hydrogen (secondary N) is 2. The van der Waals surface area contributed by atoms with E-state index in [0.717, 1.165) is 36.4 Å². The standard InChI is InChI=1S/C19H21N3OS/c1-23-18-13-7-6-12-17(18)20-19(24)22-21-16-11-5-3-9-14-8-2-4-10-15(14)16/h2,4,6-8,10,12-13H,3,5,9,11H2,1H3,(H2,20,22,24)/b21-16+. The summed E-state index contributed by atoms with van der Waals surface area (Å²) in [5, 5.41) is 8.14. The minimum absolute atomic E-state index is 0.453. The molecule has 0 spiro atoms. The molecule has 0 fully saturated rings. The zero-order chi connectivity index (χ0) is 16.8. The lowest BCUT2D eigenvalue weighted by Gasteiger charge is -2.12. The fraction of sp³-hybridized carbons (Fsp3) is 0.263. The van der Waals surface area contributed by atoms with Crippen molar-refractivity contribution in [2.75, 3.05) is 12.4 Å². The van der Waals surface area contributed by atoms with Gasteiger partial charge in [0.05, 0.1) is 18.5 Å². The molecule has 0 saturated heterocycles. The van der Waals surface area contributed by atoms with Gasteiger partial charge in [0, 0.05) is 5.56 Å². The molecular formula is C19H21N3OS. The van der Waals surface area contributed by atoms with Gasteiger partial charge in [-0.3, -0.25) is 5.43 Å². The molecule has 124 valence electrons. The van der Waals surface area contributed by atoms with Gasteiger partial charge in [-0.15, -0.1) is 0 Å². The summed E-state index contributed by atoms with van der Waals surface area (Å²) in [6.45, 7) is 0. The highest BCUT2D eigenvalue weighted by molar-refractivity contribution is 7.80. The number of rotatable bonds is 3. The Hall–Kier alpha value is -2.40. The summed E-state index contributed by atoms with van der Waals surface area (Å²) in [7, 11) is 1.64. The van der Waals surface area contributed by atoms with Crippen molar-refractivity contribution in [1.29, 1.82) is 0 Å².